The Balaban J connectivity index is 3.69. The third kappa shape index (κ3) is 3.16. The van der Waals surface area contributed by atoms with Crippen LogP contribution in [0.3, 0.4) is 0 Å². The molecular formula is C8H17NS. The Hall–Kier alpha value is -0.110. The summed E-state index contributed by atoms with van der Waals surface area (Å²) in [6, 6.07) is 0. The van der Waals surface area contributed by atoms with E-state index in [1.165, 1.54) is 12.8 Å². The van der Waals surface area contributed by atoms with E-state index in [4.69, 9.17) is 18.0 Å². The highest BCUT2D eigenvalue weighted by molar-refractivity contribution is 7.80. The lowest BCUT2D eigenvalue weighted by molar-refractivity contribution is 0.445. The molecule has 10 heavy (non-hydrogen) atoms. The zero-order valence-electron chi connectivity index (χ0n) is 7.05. The molecule has 0 radical (unpaired) electrons. The molecule has 0 saturated heterocycles. The van der Waals surface area contributed by atoms with Crippen LogP contribution in [0.25, 0.3) is 0 Å². The minimum absolute atomic E-state index is 0.398. The van der Waals surface area contributed by atoms with Crippen LogP contribution in [0.2, 0.25) is 0 Å². The van der Waals surface area contributed by atoms with Gasteiger partial charge in [-0.15, -0.1) is 0 Å². The highest BCUT2D eigenvalue weighted by Crippen LogP contribution is 2.16. The molecule has 2 N–H and O–H groups in total. The third-order valence-corrected chi connectivity index (χ3v) is 2.42. The van der Waals surface area contributed by atoms with Gasteiger partial charge in [-0.3, -0.25) is 0 Å². The second kappa shape index (κ2) is 4.67. The highest BCUT2D eigenvalue weighted by atomic mass is 32.1. The van der Waals surface area contributed by atoms with Gasteiger partial charge >= 0.3 is 0 Å². The molecule has 0 aromatic rings. The molecule has 0 bridgehead atoms. The summed E-state index contributed by atoms with van der Waals surface area (Å²) in [5.74, 6) is 1.04. The number of nitrogens with two attached hydrogens (primary N) is 1. The molecule has 0 aromatic heterocycles. The van der Waals surface area contributed by atoms with E-state index in [1.807, 2.05) is 0 Å². The van der Waals surface area contributed by atoms with E-state index in [1.54, 1.807) is 0 Å². The van der Waals surface area contributed by atoms with Gasteiger partial charge in [-0.25, -0.2) is 0 Å². The lowest BCUT2D eigenvalue weighted by Gasteiger charge is -2.17. The van der Waals surface area contributed by atoms with E-state index in [9.17, 15) is 0 Å². The summed E-state index contributed by atoms with van der Waals surface area (Å²) < 4.78 is 0. The molecular weight excluding hydrogens is 142 g/mol. The van der Waals surface area contributed by atoms with Gasteiger partial charge in [-0.1, -0.05) is 45.8 Å². The van der Waals surface area contributed by atoms with Gasteiger partial charge in [0.25, 0.3) is 0 Å². The van der Waals surface area contributed by atoms with Crippen molar-refractivity contribution in [2.75, 3.05) is 0 Å². The summed E-state index contributed by atoms with van der Waals surface area (Å²) in [5.41, 5.74) is 5.50. The average Bonchev–Trinajstić information content (AvgIpc) is 1.87. The Morgan fingerprint density at radius 2 is 2.00 bits per heavy atom. The smallest absolute Gasteiger partial charge is 0.0758 e. The molecule has 0 aliphatic heterocycles. The van der Waals surface area contributed by atoms with Crippen molar-refractivity contribution in [3.05, 3.63) is 0 Å². The Bertz CT molecular complexity index is 112. The van der Waals surface area contributed by atoms with Gasteiger partial charge in [0.2, 0.25) is 0 Å². The molecule has 0 aliphatic rings. The summed E-state index contributed by atoms with van der Waals surface area (Å²) in [4.78, 5) is 0.654. The zero-order chi connectivity index (χ0) is 8.15. The molecule has 2 unspecified atom stereocenters. The fourth-order valence-corrected chi connectivity index (χ4v) is 1.22. The predicted molar refractivity (Wildman–Crippen MR) is 50.0 cm³/mol. The van der Waals surface area contributed by atoms with Gasteiger partial charge in [0.15, 0.2) is 0 Å². The normalized spacial score (nSPS) is 16.3. The average molecular weight is 159 g/mol. The number of hydrogen-bond acceptors (Lipinski definition) is 1. The second-order valence-corrected chi connectivity index (χ2v) is 3.43. The second-order valence-electron chi connectivity index (χ2n) is 2.96. The molecule has 0 fully saturated rings. The summed E-state index contributed by atoms with van der Waals surface area (Å²) >= 11 is 4.89. The minimum atomic E-state index is 0.398. The zero-order valence-corrected chi connectivity index (χ0v) is 7.87. The van der Waals surface area contributed by atoms with Crippen LogP contribution < -0.4 is 5.73 Å². The van der Waals surface area contributed by atoms with Crippen LogP contribution in [0.4, 0.5) is 0 Å². The van der Waals surface area contributed by atoms with E-state index in [2.05, 4.69) is 20.8 Å². The van der Waals surface area contributed by atoms with Crippen LogP contribution >= 0.6 is 12.2 Å². The van der Waals surface area contributed by atoms with Crippen molar-refractivity contribution >= 4 is 17.2 Å². The number of thiocarbonyl (C=S) groups is 1. The quantitative estimate of drug-likeness (QED) is 0.637. The van der Waals surface area contributed by atoms with Gasteiger partial charge < -0.3 is 5.73 Å². The standard InChI is InChI=1S/C8H17NS/c1-4-5-6(2)7(3)8(9)10/h6-7H,4-5H2,1-3H3,(H2,9,10). The van der Waals surface area contributed by atoms with Gasteiger partial charge in [-0.05, 0) is 5.92 Å². The van der Waals surface area contributed by atoms with E-state index in [-0.39, 0.29) is 0 Å². The lowest BCUT2D eigenvalue weighted by Crippen LogP contribution is -2.24. The maximum atomic E-state index is 5.50. The van der Waals surface area contributed by atoms with Crippen molar-refractivity contribution in [1.29, 1.82) is 0 Å². The van der Waals surface area contributed by atoms with E-state index >= 15 is 0 Å². The van der Waals surface area contributed by atoms with Crippen LogP contribution in [-0.4, -0.2) is 4.99 Å². The maximum Gasteiger partial charge on any atom is 0.0758 e. The topological polar surface area (TPSA) is 26.0 Å². The fraction of sp³-hybridized carbons (Fsp3) is 0.875. The predicted octanol–water partition coefficient (Wildman–Crippen LogP) is 2.34. The number of rotatable bonds is 4. The third-order valence-electron chi connectivity index (χ3n) is 2.05. The van der Waals surface area contributed by atoms with E-state index in [0.29, 0.717) is 16.8 Å². The van der Waals surface area contributed by atoms with Crippen molar-refractivity contribution in [2.24, 2.45) is 17.6 Å². The molecule has 2 heteroatoms. The van der Waals surface area contributed by atoms with Crippen LogP contribution in [0.5, 0.6) is 0 Å². The lowest BCUT2D eigenvalue weighted by atomic mass is 9.92. The first kappa shape index (κ1) is 9.89. The Morgan fingerprint density at radius 1 is 1.50 bits per heavy atom. The molecule has 0 amide bonds. The van der Waals surface area contributed by atoms with Crippen molar-refractivity contribution in [2.45, 2.75) is 33.6 Å². The van der Waals surface area contributed by atoms with Gasteiger partial charge in [-0.2, -0.15) is 0 Å². The SMILES string of the molecule is CCCC(C)C(C)C(N)=S. The first-order chi connectivity index (χ1) is 4.59. The van der Waals surface area contributed by atoms with Crippen molar-refractivity contribution in [3.8, 4) is 0 Å². The molecule has 0 spiro atoms. The highest BCUT2D eigenvalue weighted by Gasteiger charge is 2.12. The Morgan fingerprint density at radius 3 is 2.30 bits per heavy atom. The molecule has 1 nitrogen and oxygen atoms in total. The molecule has 2 atom stereocenters. The first-order valence-corrected chi connectivity index (χ1v) is 4.29. The van der Waals surface area contributed by atoms with Crippen LogP contribution in [0.1, 0.15) is 33.6 Å². The monoisotopic (exact) mass is 159 g/mol. The largest absolute Gasteiger partial charge is 0.393 e. The van der Waals surface area contributed by atoms with E-state index in [0.717, 1.165) is 0 Å². The minimum Gasteiger partial charge on any atom is -0.393 e. The summed E-state index contributed by atoms with van der Waals surface area (Å²) in [5, 5.41) is 0. The Labute approximate surface area is 69.0 Å². The van der Waals surface area contributed by atoms with E-state index < -0.39 is 0 Å². The summed E-state index contributed by atoms with van der Waals surface area (Å²) in [6.07, 6.45) is 2.44. The molecule has 0 heterocycles. The molecule has 0 aliphatic carbocycles. The molecule has 0 aromatic carbocycles. The van der Waals surface area contributed by atoms with Crippen molar-refractivity contribution in [1.82, 2.24) is 0 Å². The van der Waals surface area contributed by atoms with Crippen molar-refractivity contribution < 1.29 is 0 Å². The van der Waals surface area contributed by atoms with Crippen LogP contribution in [0.15, 0.2) is 0 Å². The van der Waals surface area contributed by atoms with Gasteiger partial charge in [0, 0.05) is 5.92 Å². The first-order valence-electron chi connectivity index (χ1n) is 3.88. The molecule has 60 valence electrons. The van der Waals surface area contributed by atoms with Crippen LogP contribution in [-0.2, 0) is 0 Å². The van der Waals surface area contributed by atoms with Gasteiger partial charge in [0.05, 0.1) is 4.99 Å². The Kier molecular flexibility index (Phi) is 4.62. The number of hydrogen-bond donors (Lipinski definition) is 1. The summed E-state index contributed by atoms with van der Waals surface area (Å²) in [7, 11) is 0. The maximum absolute atomic E-state index is 5.50. The molecule has 0 saturated carbocycles. The van der Waals surface area contributed by atoms with Crippen molar-refractivity contribution in [3.63, 3.8) is 0 Å². The fourth-order valence-electron chi connectivity index (χ4n) is 0.986. The molecule has 0 rings (SSSR count). The summed E-state index contributed by atoms with van der Waals surface area (Å²) in [6.45, 7) is 6.48. The van der Waals surface area contributed by atoms with Crippen LogP contribution in [0, 0.1) is 11.8 Å². The van der Waals surface area contributed by atoms with Gasteiger partial charge in [0.1, 0.15) is 0 Å².